The molecule has 1 aromatic heterocycles. The Morgan fingerprint density at radius 2 is 1.85 bits per heavy atom. The highest BCUT2D eigenvalue weighted by Crippen LogP contribution is 2.09. The lowest BCUT2D eigenvalue weighted by Gasteiger charge is -2.07. The molecule has 2 aromatic rings. The molecule has 4 nitrogen and oxygen atoms in total. The average Bonchev–Trinajstić information content (AvgIpc) is 2.40. The molecule has 4 heteroatoms. The number of amides is 1. The van der Waals surface area contributed by atoms with Crippen LogP contribution in [0, 0.1) is 6.92 Å². The standard InChI is InChI=1S/C16H19N3O/c1-12-4-3-5-16(18-12)11-17-10-14-6-8-15(9-7-14)19-13(2)20/h3-9,17H,10-11H2,1-2H3,(H,19,20). The van der Waals surface area contributed by atoms with Gasteiger partial charge in [-0.25, -0.2) is 0 Å². The van der Waals surface area contributed by atoms with Crippen LogP contribution in [0.15, 0.2) is 42.5 Å². The summed E-state index contributed by atoms with van der Waals surface area (Å²) in [4.78, 5) is 15.4. The number of hydrogen-bond donors (Lipinski definition) is 2. The first-order valence-corrected chi connectivity index (χ1v) is 6.63. The molecule has 0 saturated heterocycles. The first kappa shape index (κ1) is 14.2. The fourth-order valence-corrected chi connectivity index (χ4v) is 1.94. The summed E-state index contributed by atoms with van der Waals surface area (Å²) in [5, 5.41) is 6.11. The molecule has 0 aliphatic carbocycles. The van der Waals surface area contributed by atoms with Crippen LogP contribution in [0.1, 0.15) is 23.9 Å². The van der Waals surface area contributed by atoms with E-state index in [0.29, 0.717) is 0 Å². The van der Waals surface area contributed by atoms with Crippen LogP contribution in [0.4, 0.5) is 5.69 Å². The number of aromatic nitrogens is 1. The third kappa shape index (κ3) is 4.48. The molecule has 1 amide bonds. The van der Waals surface area contributed by atoms with Crippen LogP contribution in [0.5, 0.6) is 0 Å². The number of pyridine rings is 1. The summed E-state index contributed by atoms with van der Waals surface area (Å²) in [7, 11) is 0. The number of nitrogens with zero attached hydrogens (tertiary/aromatic N) is 1. The molecule has 2 N–H and O–H groups in total. The Bertz CT molecular complexity index is 579. The Kier molecular flexibility index (Phi) is 4.85. The van der Waals surface area contributed by atoms with Gasteiger partial charge in [0.15, 0.2) is 0 Å². The van der Waals surface area contributed by atoms with Crippen molar-refractivity contribution in [3.8, 4) is 0 Å². The van der Waals surface area contributed by atoms with Crippen molar-refractivity contribution >= 4 is 11.6 Å². The number of hydrogen-bond acceptors (Lipinski definition) is 3. The number of benzene rings is 1. The fraction of sp³-hybridized carbons (Fsp3) is 0.250. The van der Waals surface area contributed by atoms with E-state index in [-0.39, 0.29) is 5.91 Å². The fourth-order valence-electron chi connectivity index (χ4n) is 1.94. The van der Waals surface area contributed by atoms with Crippen LogP contribution in [0.3, 0.4) is 0 Å². The van der Waals surface area contributed by atoms with Crippen molar-refractivity contribution in [2.24, 2.45) is 0 Å². The molecule has 0 unspecified atom stereocenters. The highest BCUT2D eigenvalue weighted by atomic mass is 16.1. The summed E-state index contributed by atoms with van der Waals surface area (Å²) >= 11 is 0. The number of carbonyl (C=O) groups excluding carboxylic acids is 1. The predicted molar refractivity (Wildman–Crippen MR) is 80.3 cm³/mol. The second kappa shape index (κ2) is 6.82. The van der Waals surface area contributed by atoms with Crippen molar-refractivity contribution in [2.75, 3.05) is 5.32 Å². The lowest BCUT2D eigenvalue weighted by molar-refractivity contribution is -0.114. The number of aryl methyl sites for hydroxylation is 1. The van der Waals surface area contributed by atoms with Crippen molar-refractivity contribution in [3.05, 3.63) is 59.4 Å². The number of rotatable bonds is 5. The first-order valence-electron chi connectivity index (χ1n) is 6.63. The van der Waals surface area contributed by atoms with Crippen LogP contribution in [-0.2, 0) is 17.9 Å². The Hall–Kier alpha value is -2.20. The highest BCUT2D eigenvalue weighted by Gasteiger charge is 1.98. The molecule has 0 atom stereocenters. The molecule has 0 saturated carbocycles. The molecule has 0 radical (unpaired) electrons. The molecular weight excluding hydrogens is 250 g/mol. The second-order valence-corrected chi connectivity index (χ2v) is 4.75. The average molecular weight is 269 g/mol. The van der Waals surface area contributed by atoms with Crippen molar-refractivity contribution in [3.63, 3.8) is 0 Å². The minimum atomic E-state index is -0.0543. The molecule has 0 spiro atoms. The van der Waals surface area contributed by atoms with Crippen molar-refractivity contribution in [1.82, 2.24) is 10.3 Å². The third-order valence-corrected chi connectivity index (χ3v) is 2.86. The molecule has 1 aromatic carbocycles. The monoisotopic (exact) mass is 269 g/mol. The molecule has 0 fully saturated rings. The van der Waals surface area contributed by atoms with Gasteiger partial charge >= 0.3 is 0 Å². The topological polar surface area (TPSA) is 54.0 Å². The Morgan fingerprint density at radius 3 is 2.50 bits per heavy atom. The predicted octanol–water partition coefficient (Wildman–Crippen LogP) is 2.64. The molecule has 0 bridgehead atoms. The van der Waals surface area contributed by atoms with Crippen molar-refractivity contribution in [1.29, 1.82) is 0 Å². The zero-order chi connectivity index (χ0) is 14.4. The largest absolute Gasteiger partial charge is 0.326 e. The summed E-state index contributed by atoms with van der Waals surface area (Å²) in [6.07, 6.45) is 0. The molecule has 104 valence electrons. The van der Waals surface area contributed by atoms with E-state index in [1.54, 1.807) is 0 Å². The zero-order valence-corrected chi connectivity index (χ0v) is 11.8. The molecular formula is C16H19N3O. The van der Waals surface area contributed by atoms with E-state index in [1.807, 2.05) is 49.4 Å². The van der Waals surface area contributed by atoms with Crippen molar-refractivity contribution < 1.29 is 4.79 Å². The molecule has 0 aliphatic rings. The van der Waals surface area contributed by atoms with Gasteiger partial charge in [-0.2, -0.15) is 0 Å². The smallest absolute Gasteiger partial charge is 0.221 e. The summed E-state index contributed by atoms with van der Waals surface area (Å²) < 4.78 is 0. The zero-order valence-electron chi connectivity index (χ0n) is 11.8. The maximum Gasteiger partial charge on any atom is 0.221 e. The molecule has 0 aliphatic heterocycles. The van der Waals surface area contributed by atoms with Gasteiger partial charge in [0.25, 0.3) is 0 Å². The van der Waals surface area contributed by atoms with E-state index in [4.69, 9.17) is 0 Å². The van der Waals surface area contributed by atoms with E-state index < -0.39 is 0 Å². The highest BCUT2D eigenvalue weighted by molar-refractivity contribution is 5.88. The van der Waals surface area contributed by atoms with Gasteiger partial charge in [0.05, 0.1) is 5.69 Å². The minimum absolute atomic E-state index is 0.0543. The van der Waals surface area contributed by atoms with Gasteiger partial charge in [-0.15, -0.1) is 0 Å². The van der Waals surface area contributed by atoms with E-state index in [9.17, 15) is 4.79 Å². The van der Waals surface area contributed by atoms with Crippen LogP contribution in [-0.4, -0.2) is 10.9 Å². The molecule has 20 heavy (non-hydrogen) atoms. The summed E-state index contributed by atoms with van der Waals surface area (Å²) in [5.74, 6) is -0.0543. The quantitative estimate of drug-likeness (QED) is 0.877. The Morgan fingerprint density at radius 1 is 1.10 bits per heavy atom. The molecule has 1 heterocycles. The SMILES string of the molecule is CC(=O)Nc1ccc(CNCc2cccc(C)n2)cc1. The summed E-state index contributed by atoms with van der Waals surface area (Å²) in [5.41, 5.74) is 4.07. The number of anilines is 1. The van der Waals surface area contributed by atoms with Gasteiger partial charge in [-0.3, -0.25) is 9.78 Å². The van der Waals surface area contributed by atoms with Gasteiger partial charge in [-0.1, -0.05) is 18.2 Å². The summed E-state index contributed by atoms with van der Waals surface area (Å²) in [6, 6.07) is 13.8. The van der Waals surface area contributed by atoms with Gasteiger partial charge in [0.2, 0.25) is 5.91 Å². The van der Waals surface area contributed by atoms with Gasteiger partial charge in [0.1, 0.15) is 0 Å². The van der Waals surface area contributed by atoms with Crippen LogP contribution >= 0.6 is 0 Å². The maximum atomic E-state index is 10.9. The lowest BCUT2D eigenvalue weighted by Crippen LogP contribution is -2.14. The normalized spacial score (nSPS) is 10.3. The lowest BCUT2D eigenvalue weighted by atomic mass is 10.2. The van der Waals surface area contributed by atoms with E-state index >= 15 is 0 Å². The summed E-state index contributed by atoms with van der Waals surface area (Å²) in [6.45, 7) is 5.01. The van der Waals surface area contributed by atoms with Crippen molar-refractivity contribution in [2.45, 2.75) is 26.9 Å². The van der Waals surface area contributed by atoms with Crippen LogP contribution < -0.4 is 10.6 Å². The van der Waals surface area contributed by atoms with E-state index in [2.05, 4.69) is 15.6 Å². The van der Waals surface area contributed by atoms with Crippen LogP contribution in [0.2, 0.25) is 0 Å². The second-order valence-electron chi connectivity index (χ2n) is 4.75. The van der Waals surface area contributed by atoms with Gasteiger partial charge in [-0.05, 0) is 36.8 Å². The van der Waals surface area contributed by atoms with Gasteiger partial charge < -0.3 is 10.6 Å². The van der Waals surface area contributed by atoms with E-state index in [1.165, 1.54) is 12.5 Å². The maximum absolute atomic E-state index is 10.9. The Balaban J connectivity index is 1.83. The first-order chi connectivity index (χ1) is 9.63. The third-order valence-electron chi connectivity index (χ3n) is 2.86. The van der Waals surface area contributed by atoms with Gasteiger partial charge in [0, 0.05) is 31.4 Å². The number of nitrogens with one attached hydrogen (secondary N) is 2. The van der Waals surface area contributed by atoms with E-state index in [0.717, 1.165) is 30.2 Å². The van der Waals surface area contributed by atoms with Crippen LogP contribution in [0.25, 0.3) is 0 Å². The number of carbonyl (C=O) groups is 1. The Labute approximate surface area is 119 Å². The molecule has 2 rings (SSSR count). The minimum Gasteiger partial charge on any atom is -0.326 e.